The first kappa shape index (κ1) is 19.0. The van der Waals surface area contributed by atoms with E-state index in [1.54, 1.807) is 4.90 Å². The van der Waals surface area contributed by atoms with Gasteiger partial charge in [0.15, 0.2) is 11.6 Å². The molecule has 0 aliphatic carbocycles. The van der Waals surface area contributed by atoms with Crippen molar-refractivity contribution in [3.8, 4) is 0 Å². The fraction of sp³-hybridized carbons (Fsp3) is 0.500. The molecule has 142 valence electrons. The lowest BCUT2D eigenvalue weighted by Gasteiger charge is -2.39. The van der Waals surface area contributed by atoms with Crippen LogP contribution in [0.25, 0.3) is 0 Å². The number of sulfonamides is 1. The van der Waals surface area contributed by atoms with Crippen LogP contribution in [-0.2, 0) is 21.4 Å². The van der Waals surface area contributed by atoms with Crippen LogP contribution in [0.3, 0.4) is 0 Å². The summed E-state index contributed by atoms with van der Waals surface area (Å²) in [5.74, 6) is -2.11. The van der Waals surface area contributed by atoms with Crippen LogP contribution in [-0.4, -0.2) is 48.9 Å². The van der Waals surface area contributed by atoms with Gasteiger partial charge in [-0.25, -0.2) is 21.5 Å². The minimum absolute atomic E-state index is 0.107. The van der Waals surface area contributed by atoms with Gasteiger partial charge in [0.05, 0.1) is 11.2 Å². The third-order valence-corrected chi connectivity index (χ3v) is 6.98. The summed E-state index contributed by atoms with van der Waals surface area (Å²) < 4.78 is 52.4. The fourth-order valence-corrected chi connectivity index (χ4v) is 5.19. The second kappa shape index (κ2) is 7.08. The quantitative estimate of drug-likeness (QED) is 0.732. The largest absolute Gasteiger partial charge is 0.338 e. The first-order chi connectivity index (χ1) is 12.3. The number of halogens is 2. The molecule has 2 aliphatic heterocycles. The summed E-state index contributed by atoms with van der Waals surface area (Å²) in [5.41, 5.74) is -0.200. The van der Waals surface area contributed by atoms with Gasteiger partial charge in [0, 0.05) is 26.2 Å². The molecule has 0 unspecified atom stereocenters. The lowest BCUT2D eigenvalue weighted by atomic mass is 9.78. The van der Waals surface area contributed by atoms with Gasteiger partial charge in [0.25, 0.3) is 0 Å². The summed E-state index contributed by atoms with van der Waals surface area (Å²) in [6.07, 6.45) is 3.22. The summed E-state index contributed by atoms with van der Waals surface area (Å²) >= 11 is 0. The molecule has 5 nitrogen and oxygen atoms in total. The van der Waals surface area contributed by atoms with Crippen molar-refractivity contribution in [2.45, 2.75) is 25.8 Å². The number of amides is 1. The minimum Gasteiger partial charge on any atom is -0.338 e. The maximum atomic E-state index is 13.4. The van der Waals surface area contributed by atoms with Crippen LogP contribution in [0.15, 0.2) is 30.9 Å². The monoisotopic (exact) mass is 384 g/mol. The molecule has 1 amide bonds. The van der Waals surface area contributed by atoms with Gasteiger partial charge in [-0.05, 0) is 37.0 Å². The van der Waals surface area contributed by atoms with Gasteiger partial charge in [0.1, 0.15) is 0 Å². The van der Waals surface area contributed by atoms with Crippen LogP contribution in [0.4, 0.5) is 8.78 Å². The van der Waals surface area contributed by atoms with Gasteiger partial charge in [-0.1, -0.05) is 12.1 Å². The standard InChI is InChI=1S/C18H22F2N2O3S/c1-2-10-26(24,25)22-9-7-18(13-22)6-3-8-21(17(18)23)12-14-4-5-15(19)16(20)11-14/h2,4-5,11H,1,3,6-10,12-13H2/t18-/m0/s1. The molecule has 0 bridgehead atoms. The lowest BCUT2D eigenvalue weighted by molar-refractivity contribution is -0.146. The summed E-state index contributed by atoms with van der Waals surface area (Å²) in [7, 11) is -3.44. The third kappa shape index (κ3) is 3.53. The van der Waals surface area contributed by atoms with Crippen LogP contribution < -0.4 is 0 Å². The van der Waals surface area contributed by atoms with E-state index in [4.69, 9.17) is 0 Å². The number of carbonyl (C=O) groups excluding carboxylic acids is 1. The fourth-order valence-electron chi connectivity index (χ4n) is 3.87. The molecule has 26 heavy (non-hydrogen) atoms. The maximum absolute atomic E-state index is 13.4. The molecule has 0 N–H and O–H groups in total. The van der Waals surface area contributed by atoms with Gasteiger partial charge in [0.2, 0.25) is 15.9 Å². The Morgan fingerprint density at radius 1 is 1.19 bits per heavy atom. The predicted molar refractivity (Wildman–Crippen MR) is 93.6 cm³/mol. The Morgan fingerprint density at radius 2 is 1.96 bits per heavy atom. The van der Waals surface area contributed by atoms with Crippen LogP contribution >= 0.6 is 0 Å². The summed E-state index contributed by atoms with van der Waals surface area (Å²) in [4.78, 5) is 14.7. The molecule has 2 heterocycles. The number of piperidine rings is 1. The van der Waals surface area contributed by atoms with Crippen molar-refractivity contribution in [3.63, 3.8) is 0 Å². The molecule has 2 saturated heterocycles. The zero-order chi connectivity index (χ0) is 18.9. The Hall–Kier alpha value is -1.80. The van der Waals surface area contributed by atoms with E-state index in [1.165, 1.54) is 16.4 Å². The molecule has 3 rings (SSSR count). The minimum atomic E-state index is -3.44. The van der Waals surface area contributed by atoms with E-state index in [1.807, 2.05) is 0 Å². The van der Waals surface area contributed by atoms with E-state index in [9.17, 15) is 22.0 Å². The number of carbonyl (C=O) groups is 1. The zero-order valence-corrected chi connectivity index (χ0v) is 15.3. The van der Waals surface area contributed by atoms with Crippen LogP contribution in [0.5, 0.6) is 0 Å². The normalized spacial score (nSPS) is 24.4. The van der Waals surface area contributed by atoms with Gasteiger partial charge >= 0.3 is 0 Å². The second-order valence-electron chi connectivity index (χ2n) is 7.01. The Kier molecular flexibility index (Phi) is 5.16. The van der Waals surface area contributed by atoms with E-state index < -0.39 is 27.1 Å². The number of hydrogen-bond donors (Lipinski definition) is 0. The highest BCUT2D eigenvalue weighted by molar-refractivity contribution is 7.89. The smallest absolute Gasteiger partial charge is 0.230 e. The Bertz CT molecular complexity index is 828. The van der Waals surface area contributed by atoms with E-state index in [0.29, 0.717) is 31.5 Å². The van der Waals surface area contributed by atoms with Crippen molar-refractivity contribution in [3.05, 3.63) is 48.1 Å². The average molecular weight is 384 g/mol. The highest BCUT2D eigenvalue weighted by Gasteiger charge is 2.50. The van der Waals surface area contributed by atoms with E-state index in [-0.39, 0.29) is 24.7 Å². The topological polar surface area (TPSA) is 57.7 Å². The molecule has 0 saturated carbocycles. The molecular weight excluding hydrogens is 362 g/mol. The molecular formula is C18H22F2N2O3S. The van der Waals surface area contributed by atoms with Crippen molar-refractivity contribution >= 4 is 15.9 Å². The van der Waals surface area contributed by atoms with Gasteiger partial charge < -0.3 is 4.90 Å². The van der Waals surface area contributed by atoms with Crippen LogP contribution in [0.2, 0.25) is 0 Å². The first-order valence-electron chi connectivity index (χ1n) is 8.59. The molecule has 1 aromatic rings. The van der Waals surface area contributed by atoms with E-state index in [2.05, 4.69) is 6.58 Å². The van der Waals surface area contributed by atoms with E-state index in [0.717, 1.165) is 18.6 Å². The van der Waals surface area contributed by atoms with Crippen molar-refractivity contribution in [1.29, 1.82) is 0 Å². The molecule has 1 atom stereocenters. The van der Waals surface area contributed by atoms with E-state index >= 15 is 0 Å². The highest BCUT2D eigenvalue weighted by atomic mass is 32.2. The zero-order valence-electron chi connectivity index (χ0n) is 14.5. The molecule has 1 spiro atoms. The molecule has 8 heteroatoms. The van der Waals surface area contributed by atoms with Crippen LogP contribution in [0, 0.1) is 17.0 Å². The molecule has 0 aromatic heterocycles. The Balaban J connectivity index is 1.75. The summed E-state index contributed by atoms with van der Waals surface area (Å²) in [6, 6.07) is 3.61. The van der Waals surface area contributed by atoms with Gasteiger partial charge in [-0.3, -0.25) is 4.79 Å². The number of hydrogen-bond acceptors (Lipinski definition) is 3. The first-order valence-corrected chi connectivity index (χ1v) is 10.2. The SMILES string of the molecule is C=CCS(=O)(=O)N1CC[C@@]2(CCCN(Cc3ccc(F)c(F)c3)C2=O)C1. The number of likely N-dealkylation sites (tertiary alicyclic amines) is 1. The lowest BCUT2D eigenvalue weighted by Crippen LogP contribution is -2.50. The molecule has 0 radical (unpaired) electrons. The molecule has 2 fully saturated rings. The van der Waals surface area contributed by atoms with Gasteiger partial charge in [-0.15, -0.1) is 6.58 Å². The van der Waals surface area contributed by atoms with Crippen molar-refractivity contribution in [2.24, 2.45) is 5.41 Å². The number of nitrogens with zero attached hydrogens (tertiary/aromatic N) is 2. The number of benzene rings is 1. The Labute approximate surface area is 152 Å². The van der Waals surface area contributed by atoms with Crippen molar-refractivity contribution in [2.75, 3.05) is 25.4 Å². The summed E-state index contributed by atoms with van der Waals surface area (Å²) in [6.45, 7) is 4.69. The van der Waals surface area contributed by atoms with Crippen molar-refractivity contribution in [1.82, 2.24) is 9.21 Å². The van der Waals surface area contributed by atoms with Gasteiger partial charge in [-0.2, -0.15) is 0 Å². The van der Waals surface area contributed by atoms with Crippen LogP contribution in [0.1, 0.15) is 24.8 Å². The molecule has 2 aliphatic rings. The Morgan fingerprint density at radius 3 is 2.65 bits per heavy atom. The number of rotatable bonds is 5. The summed E-state index contributed by atoms with van der Waals surface area (Å²) in [5, 5.41) is 0. The molecule has 1 aromatic carbocycles. The highest BCUT2D eigenvalue weighted by Crippen LogP contribution is 2.41. The maximum Gasteiger partial charge on any atom is 0.230 e. The third-order valence-electron chi connectivity index (χ3n) is 5.22. The average Bonchev–Trinajstić information content (AvgIpc) is 3.01. The van der Waals surface area contributed by atoms with Crippen molar-refractivity contribution < 1.29 is 22.0 Å². The second-order valence-corrected chi connectivity index (χ2v) is 9.02. The predicted octanol–water partition coefficient (Wildman–Crippen LogP) is 2.30.